The van der Waals surface area contributed by atoms with Crippen LogP contribution in [-0.2, 0) is 16.5 Å². The molecule has 0 atom stereocenters. The normalized spacial score (nSPS) is 15.2. The van der Waals surface area contributed by atoms with E-state index in [1.54, 1.807) is 0 Å². The van der Waals surface area contributed by atoms with Gasteiger partial charge in [0, 0.05) is 12.5 Å². The Morgan fingerprint density at radius 1 is 1.29 bits per heavy atom. The summed E-state index contributed by atoms with van der Waals surface area (Å²) in [6.45, 7) is 0.421. The van der Waals surface area contributed by atoms with Gasteiger partial charge >= 0.3 is 15.6 Å². The minimum absolute atomic E-state index is 0.347. The number of ether oxygens (including phenoxy) is 1. The number of halogens is 3. The summed E-state index contributed by atoms with van der Waals surface area (Å²) >= 11 is 0. The predicted octanol–water partition coefficient (Wildman–Crippen LogP) is 1.85. The van der Waals surface area contributed by atoms with Gasteiger partial charge in [-0.15, -0.1) is 0 Å². The first-order valence-corrected chi connectivity index (χ1v) is 5.97. The van der Waals surface area contributed by atoms with E-state index in [-0.39, 0.29) is 0 Å². The maximum Gasteiger partial charge on any atom is 0.534 e. The largest absolute Gasteiger partial charge is 0.534 e. The quantitative estimate of drug-likeness (QED) is 0.606. The maximum atomic E-state index is 12.0. The molecular formula is C9H7F3O4S. The van der Waals surface area contributed by atoms with Crippen molar-refractivity contribution in [2.45, 2.75) is 11.9 Å². The molecule has 0 fully saturated rings. The lowest BCUT2D eigenvalue weighted by Gasteiger charge is -2.09. The summed E-state index contributed by atoms with van der Waals surface area (Å²) in [5, 5.41) is 0. The fourth-order valence-corrected chi connectivity index (χ4v) is 1.82. The molecule has 94 valence electrons. The summed E-state index contributed by atoms with van der Waals surface area (Å²) in [6.07, 6.45) is 0.641. The van der Waals surface area contributed by atoms with Gasteiger partial charge in [0.05, 0.1) is 6.61 Å². The molecule has 1 aromatic carbocycles. The number of hydrogen-bond donors (Lipinski definition) is 0. The second-order valence-corrected chi connectivity index (χ2v) is 4.89. The molecular weight excluding hydrogens is 261 g/mol. The Kier molecular flexibility index (Phi) is 2.69. The molecule has 0 bridgehead atoms. The monoisotopic (exact) mass is 268 g/mol. The van der Waals surface area contributed by atoms with Crippen LogP contribution in [0.4, 0.5) is 13.2 Å². The van der Waals surface area contributed by atoms with Crippen LogP contribution < -0.4 is 8.92 Å². The van der Waals surface area contributed by atoms with Crippen molar-refractivity contribution in [3.8, 4) is 11.5 Å². The van der Waals surface area contributed by atoms with Gasteiger partial charge in [-0.3, -0.25) is 0 Å². The highest BCUT2D eigenvalue weighted by Crippen LogP contribution is 2.32. The summed E-state index contributed by atoms with van der Waals surface area (Å²) in [4.78, 5) is 0. The zero-order valence-corrected chi connectivity index (χ0v) is 9.14. The molecule has 1 aliphatic heterocycles. The first kappa shape index (κ1) is 12.0. The SMILES string of the molecule is O=S(=O)(Oc1ccc2c(c1)OCC2)C(F)(F)F. The lowest BCUT2D eigenvalue weighted by Crippen LogP contribution is -2.28. The fraction of sp³-hybridized carbons (Fsp3) is 0.333. The van der Waals surface area contributed by atoms with Gasteiger partial charge in [-0.05, 0) is 11.6 Å². The minimum Gasteiger partial charge on any atom is -0.493 e. The highest BCUT2D eigenvalue weighted by atomic mass is 32.2. The lowest BCUT2D eigenvalue weighted by molar-refractivity contribution is -0.0500. The van der Waals surface area contributed by atoms with Crippen LogP contribution in [0.25, 0.3) is 0 Å². The van der Waals surface area contributed by atoms with Gasteiger partial charge in [-0.25, -0.2) is 0 Å². The third-order valence-corrected chi connectivity index (χ3v) is 3.14. The molecule has 0 saturated carbocycles. The summed E-state index contributed by atoms with van der Waals surface area (Å²) in [6, 6.07) is 3.77. The van der Waals surface area contributed by atoms with Crippen molar-refractivity contribution in [3.63, 3.8) is 0 Å². The molecule has 0 aliphatic carbocycles. The van der Waals surface area contributed by atoms with Gasteiger partial charge in [0.25, 0.3) is 0 Å². The number of hydrogen-bond acceptors (Lipinski definition) is 4. The molecule has 1 aliphatic rings. The molecule has 2 rings (SSSR count). The van der Waals surface area contributed by atoms with Crippen LogP contribution in [0.1, 0.15) is 5.56 Å². The van der Waals surface area contributed by atoms with E-state index in [9.17, 15) is 21.6 Å². The number of benzene rings is 1. The van der Waals surface area contributed by atoms with Crippen molar-refractivity contribution in [3.05, 3.63) is 23.8 Å². The second kappa shape index (κ2) is 3.80. The van der Waals surface area contributed by atoms with Crippen LogP contribution in [0, 0.1) is 0 Å². The number of alkyl halides is 3. The third-order valence-electron chi connectivity index (χ3n) is 2.16. The van der Waals surface area contributed by atoms with E-state index in [0.29, 0.717) is 18.8 Å². The van der Waals surface area contributed by atoms with Gasteiger partial charge in [-0.1, -0.05) is 6.07 Å². The highest BCUT2D eigenvalue weighted by molar-refractivity contribution is 7.87. The van der Waals surface area contributed by atoms with Crippen LogP contribution in [0.5, 0.6) is 11.5 Å². The molecule has 0 N–H and O–H groups in total. The average molecular weight is 268 g/mol. The molecule has 17 heavy (non-hydrogen) atoms. The third kappa shape index (κ3) is 2.31. The van der Waals surface area contributed by atoms with E-state index in [1.165, 1.54) is 6.07 Å². The maximum absolute atomic E-state index is 12.0. The Morgan fingerprint density at radius 3 is 2.65 bits per heavy atom. The topological polar surface area (TPSA) is 52.6 Å². The molecule has 0 amide bonds. The first-order valence-electron chi connectivity index (χ1n) is 4.56. The van der Waals surface area contributed by atoms with E-state index in [2.05, 4.69) is 4.18 Å². The molecule has 8 heteroatoms. The van der Waals surface area contributed by atoms with E-state index in [0.717, 1.165) is 17.7 Å². The predicted molar refractivity (Wildman–Crippen MR) is 51.2 cm³/mol. The lowest BCUT2D eigenvalue weighted by atomic mass is 10.2. The molecule has 4 nitrogen and oxygen atoms in total. The van der Waals surface area contributed by atoms with Gasteiger partial charge in [-0.2, -0.15) is 21.6 Å². The fourth-order valence-electron chi connectivity index (χ4n) is 1.37. The van der Waals surface area contributed by atoms with Crippen LogP contribution in [0.15, 0.2) is 18.2 Å². The summed E-state index contributed by atoms with van der Waals surface area (Å²) in [7, 11) is -5.62. The van der Waals surface area contributed by atoms with Crippen LogP contribution >= 0.6 is 0 Å². The Hall–Kier alpha value is -1.44. The molecule has 1 aromatic rings. The Labute approximate surface area is 95.1 Å². The van der Waals surface area contributed by atoms with Crippen LogP contribution in [0.2, 0.25) is 0 Å². The Bertz CT molecular complexity index is 536. The molecule has 0 spiro atoms. The molecule has 1 heterocycles. The summed E-state index contributed by atoms with van der Waals surface area (Å²) < 4.78 is 66.7. The van der Waals surface area contributed by atoms with E-state index < -0.39 is 21.4 Å². The standard InChI is InChI=1S/C9H7F3O4S/c10-9(11,12)17(13,14)16-7-2-1-6-3-4-15-8(6)5-7/h1-2,5H,3-4H2. The summed E-state index contributed by atoms with van der Waals surface area (Å²) in [5.41, 5.74) is -4.63. The van der Waals surface area contributed by atoms with Crippen molar-refractivity contribution < 1.29 is 30.5 Å². The number of fused-ring (bicyclic) bond motifs is 1. The van der Waals surface area contributed by atoms with Gasteiger partial charge in [0.2, 0.25) is 0 Å². The van der Waals surface area contributed by atoms with E-state index in [4.69, 9.17) is 4.74 Å². The first-order chi connectivity index (χ1) is 7.79. The molecule has 0 unspecified atom stereocenters. The number of rotatable bonds is 2. The van der Waals surface area contributed by atoms with Crippen LogP contribution in [-0.4, -0.2) is 20.5 Å². The Morgan fingerprint density at radius 2 is 2.00 bits per heavy atom. The van der Waals surface area contributed by atoms with E-state index in [1.807, 2.05) is 0 Å². The van der Waals surface area contributed by atoms with Gasteiger partial charge < -0.3 is 8.92 Å². The van der Waals surface area contributed by atoms with Crippen molar-refractivity contribution in [1.82, 2.24) is 0 Å². The minimum atomic E-state index is -5.62. The van der Waals surface area contributed by atoms with Crippen LogP contribution in [0.3, 0.4) is 0 Å². The van der Waals surface area contributed by atoms with Crippen molar-refractivity contribution >= 4 is 10.1 Å². The second-order valence-electron chi connectivity index (χ2n) is 3.35. The smallest absolute Gasteiger partial charge is 0.493 e. The molecule has 0 saturated heterocycles. The molecule has 0 aromatic heterocycles. The van der Waals surface area contributed by atoms with Crippen molar-refractivity contribution in [2.24, 2.45) is 0 Å². The van der Waals surface area contributed by atoms with E-state index >= 15 is 0 Å². The molecule has 0 radical (unpaired) electrons. The van der Waals surface area contributed by atoms with Crippen molar-refractivity contribution in [1.29, 1.82) is 0 Å². The van der Waals surface area contributed by atoms with Gasteiger partial charge in [0.1, 0.15) is 11.5 Å². The zero-order chi connectivity index (χ0) is 12.7. The summed E-state index contributed by atoms with van der Waals surface area (Å²) in [5.74, 6) is -0.0668. The highest BCUT2D eigenvalue weighted by Gasteiger charge is 2.48. The zero-order valence-electron chi connectivity index (χ0n) is 8.32. The average Bonchev–Trinajstić information content (AvgIpc) is 2.62. The van der Waals surface area contributed by atoms with Crippen molar-refractivity contribution in [2.75, 3.05) is 6.61 Å². The Balaban J connectivity index is 2.26. The van der Waals surface area contributed by atoms with Gasteiger partial charge in [0.15, 0.2) is 0 Å².